The van der Waals surface area contributed by atoms with Crippen LogP contribution in [0.4, 0.5) is 5.69 Å². The molecule has 3 aromatic carbocycles. The Hall–Kier alpha value is -3.27. The number of para-hydroxylation sites is 1. The van der Waals surface area contributed by atoms with E-state index in [0.29, 0.717) is 17.9 Å². The average Bonchev–Trinajstić information content (AvgIpc) is 2.76. The Morgan fingerprint density at radius 2 is 1.53 bits per heavy atom. The molecule has 3 rings (SSSR count). The molecule has 1 N–H and O–H groups in total. The fourth-order valence-electron chi connectivity index (χ4n) is 2.97. The zero-order chi connectivity index (χ0) is 21.6. The summed E-state index contributed by atoms with van der Waals surface area (Å²) in [5, 5.41) is 10.3. The van der Waals surface area contributed by atoms with Crippen molar-refractivity contribution in [1.29, 1.82) is 0 Å². The average molecular weight is 404 g/mol. The Morgan fingerprint density at radius 3 is 2.13 bits per heavy atom. The number of phenols is 1. The molecule has 3 aromatic rings. The van der Waals surface area contributed by atoms with Crippen molar-refractivity contribution >= 4 is 11.9 Å². The summed E-state index contributed by atoms with van der Waals surface area (Å²) in [4.78, 5) is 4.44. The minimum absolute atomic E-state index is 0.0951. The lowest BCUT2D eigenvalue weighted by atomic mass is 9.82. The highest BCUT2D eigenvalue weighted by molar-refractivity contribution is 5.86. The number of benzene rings is 3. The third kappa shape index (κ3) is 5.20. The van der Waals surface area contributed by atoms with Gasteiger partial charge in [-0.15, -0.1) is 0 Å². The van der Waals surface area contributed by atoms with Gasteiger partial charge in [0.2, 0.25) is 0 Å². The molecule has 0 saturated heterocycles. The minimum atomic E-state index is 0.0951. The van der Waals surface area contributed by atoms with Crippen LogP contribution in [0.25, 0.3) is 0 Å². The smallest absolute Gasteiger partial charge is 0.166 e. The van der Waals surface area contributed by atoms with Crippen molar-refractivity contribution in [2.24, 2.45) is 4.99 Å². The van der Waals surface area contributed by atoms with E-state index in [1.807, 2.05) is 49.4 Å². The number of aliphatic imine (C=N–C) groups is 1. The molecule has 0 radical (unpaired) electrons. The lowest BCUT2D eigenvalue weighted by molar-refractivity contribution is 0.318. The summed E-state index contributed by atoms with van der Waals surface area (Å²) >= 11 is 0. The first-order valence-electron chi connectivity index (χ1n) is 10.3. The molecule has 0 saturated carbocycles. The van der Waals surface area contributed by atoms with Gasteiger partial charge in [-0.2, -0.15) is 0 Å². The molecule has 4 heteroatoms. The van der Waals surface area contributed by atoms with Gasteiger partial charge < -0.3 is 14.6 Å². The van der Waals surface area contributed by atoms with Crippen LogP contribution in [0.3, 0.4) is 0 Å². The summed E-state index contributed by atoms with van der Waals surface area (Å²) in [6.07, 6.45) is 2.71. The fourth-order valence-corrected chi connectivity index (χ4v) is 2.97. The highest BCUT2D eigenvalue weighted by Gasteiger charge is 2.17. The molecule has 156 valence electrons. The second-order valence-electron chi connectivity index (χ2n) is 7.74. The Labute approximate surface area is 178 Å². The van der Waals surface area contributed by atoms with Crippen LogP contribution in [0.2, 0.25) is 0 Å². The molecule has 0 aliphatic carbocycles. The van der Waals surface area contributed by atoms with Gasteiger partial charge in [-0.25, -0.2) is 0 Å². The van der Waals surface area contributed by atoms with E-state index in [1.54, 1.807) is 18.3 Å². The van der Waals surface area contributed by atoms with E-state index in [9.17, 15) is 5.11 Å². The molecule has 0 unspecified atom stereocenters. The van der Waals surface area contributed by atoms with Crippen LogP contribution in [0, 0.1) is 0 Å². The van der Waals surface area contributed by atoms with Crippen molar-refractivity contribution in [3.8, 4) is 23.0 Å². The van der Waals surface area contributed by atoms with Gasteiger partial charge in [0.15, 0.2) is 11.5 Å². The van der Waals surface area contributed by atoms with E-state index in [-0.39, 0.29) is 11.2 Å². The van der Waals surface area contributed by atoms with Crippen LogP contribution in [0.1, 0.15) is 45.2 Å². The van der Waals surface area contributed by atoms with Crippen molar-refractivity contribution in [3.63, 3.8) is 0 Å². The number of nitrogens with zero attached hydrogens (tertiary/aromatic N) is 1. The van der Waals surface area contributed by atoms with Gasteiger partial charge in [0, 0.05) is 11.8 Å². The summed E-state index contributed by atoms with van der Waals surface area (Å²) in [5.41, 5.74) is 2.84. The molecule has 0 aliphatic heterocycles. The second kappa shape index (κ2) is 9.49. The van der Waals surface area contributed by atoms with Gasteiger partial charge in [-0.05, 0) is 72.9 Å². The van der Waals surface area contributed by atoms with Gasteiger partial charge in [-0.3, -0.25) is 4.99 Å². The molecule has 0 aliphatic rings. The first-order chi connectivity index (χ1) is 14.4. The highest BCUT2D eigenvalue weighted by Crippen LogP contribution is 2.31. The van der Waals surface area contributed by atoms with Crippen LogP contribution in [0.5, 0.6) is 23.0 Å². The zero-order valence-electron chi connectivity index (χ0n) is 18.1. The van der Waals surface area contributed by atoms with Gasteiger partial charge in [0.1, 0.15) is 11.5 Å². The topological polar surface area (TPSA) is 51.0 Å². The summed E-state index contributed by atoms with van der Waals surface area (Å²) in [6, 6.07) is 21.1. The van der Waals surface area contributed by atoms with Crippen LogP contribution in [0.15, 0.2) is 71.7 Å². The summed E-state index contributed by atoms with van der Waals surface area (Å²) in [5.74, 6) is 2.11. The molecular weight excluding hydrogens is 374 g/mol. The van der Waals surface area contributed by atoms with E-state index in [4.69, 9.17) is 9.47 Å². The molecule has 0 spiro atoms. The van der Waals surface area contributed by atoms with Crippen LogP contribution in [-0.4, -0.2) is 17.9 Å². The van der Waals surface area contributed by atoms with Crippen molar-refractivity contribution in [3.05, 3.63) is 77.9 Å². The van der Waals surface area contributed by atoms with E-state index < -0.39 is 0 Å². The number of hydrogen-bond donors (Lipinski definition) is 1. The van der Waals surface area contributed by atoms with Crippen molar-refractivity contribution in [2.45, 2.75) is 39.5 Å². The lowest BCUT2D eigenvalue weighted by Gasteiger charge is -2.23. The largest absolute Gasteiger partial charge is 0.504 e. The number of ether oxygens (including phenoxy) is 2. The van der Waals surface area contributed by atoms with Crippen LogP contribution < -0.4 is 9.47 Å². The van der Waals surface area contributed by atoms with E-state index in [0.717, 1.165) is 23.6 Å². The maximum Gasteiger partial charge on any atom is 0.166 e. The standard InChI is InChI=1S/C26H29NO3/c1-5-26(3,4)20-10-14-22(15-11-20)30-23-16-12-21(13-17-23)27-18-19-8-7-9-24(25(19)28)29-6-2/h7-18,28H,5-6H2,1-4H3. The maximum atomic E-state index is 10.3. The highest BCUT2D eigenvalue weighted by atomic mass is 16.5. The Morgan fingerprint density at radius 1 is 0.900 bits per heavy atom. The van der Waals surface area contributed by atoms with Gasteiger partial charge in [0.05, 0.1) is 12.3 Å². The molecule has 4 nitrogen and oxygen atoms in total. The summed E-state index contributed by atoms with van der Waals surface area (Å²) in [7, 11) is 0. The van der Waals surface area contributed by atoms with Crippen molar-refractivity contribution < 1.29 is 14.6 Å². The van der Waals surface area contributed by atoms with Gasteiger partial charge >= 0.3 is 0 Å². The fraction of sp³-hybridized carbons (Fsp3) is 0.269. The Kier molecular flexibility index (Phi) is 6.78. The van der Waals surface area contributed by atoms with Crippen LogP contribution >= 0.6 is 0 Å². The predicted octanol–water partition coefficient (Wildman–Crippen LogP) is 7.02. The molecule has 0 heterocycles. The second-order valence-corrected chi connectivity index (χ2v) is 7.74. The number of hydrogen-bond acceptors (Lipinski definition) is 4. The number of phenolic OH excluding ortho intramolecular Hbond substituents is 1. The summed E-state index contributed by atoms with van der Waals surface area (Å²) in [6.45, 7) is 9.06. The molecule has 0 atom stereocenters. The normalized spacial score (nSPS) is 11.6. The molecule has 0 aromatic heterocycles. The SMILES string of the molecule is CCOc1cccc(C=Nc2ccc(Oc3ccc(C(C)(C)CC)cc3)cc2)c1O. The summed E-state index contributed by atoms with van der Waals surface area (Å²) < 4.78 is 11.4. The Balaban J connectivity index is 1.67. The third-order valence-electron chi connectivity index (χ3n) is 5.27. The molecular formula is C26H29NO3. The van der Waals surface area contributed by atoms with E-state index >= 15 is 0 Å². The molecule has 30 heavy (non-hydrogen) atoms. The minimum Gasteiger partial charge on any atom is -0.504 e. The maximum absolute atomic E-state index is 10.3. The predicted molar refractivity (Wildman–Crippen MR) is 123 cm³/mol. The quantitative estimate of drug-likeness (QED) is 0.411. The first-order valence-corrected chi connectivity index (χ1v) is 10.3. The van der Waals surface area contributed by atoms with Crippen molar-refractivity contribution in [1.82, 2.24) is 0 Å². The number of rotatable bonds is 8. The monoisotopic (exact) mass is 403 g/mol. The van der Waals surface area contributed by atoms with Crippen molar-refractivity contribution in [2.75, 3.05) is 6.61 Å². The van der Waals surface area contributed by atoms with E-state index in [1.165, 1.54) is 5.56 Å². The van der Waals surface area contributed by atoms with Gasteiger partial charge in [0.25, 0.3) is 0 Å². The van der Waals surface area contributed by atoms with Crippen LogP contribution in [-0.2, 0) is 5.41 Å². The first kappa shape index (κ1) is 21.4. The molecule has 0 amide bonds. The molecule has 0 fully saturated rings. The third-order valence-corrected chi connectivity index (χ3v) is 5.27. The van der Waals surface area contributed by atoms with Gasteiger partial charge in [-0.1, -0.05) is 39.0 Å². The number of aromatic hydroxyl groups is 1. The molecule has 0 bridgehead atoms. The Bertz CT molecular complexity index is 990. The van der Waals surface area contributed by atoms with E-state index in [2.05, 4.69) is 37.9 Å². The lowest BCUT2D eigenvalue weighted by Crippen LogP contribution is -2.14. The zero-order valence-corrected chi connectivity index (χ0v) is 18.1.